The summed E-state index contributed by atoms with van der Waals surface area (Å²) in [4.78, 5) is 43.7. The van der Waals surface area contributed by atoms with Crippen LogP contribution in [0, 0.1) is 0 Å². The van der Waals surface area contributed by atoms with Crippen molar-refractivity contribution in [2.24, 2.45) is 0 Å². The van der Waals surface area contributed by atoms with Crippen LogP contribution in [0.1, 0.15) is 39.3 Å². The van der Waals surface area contributed by atoms with Crippen LogP contribution in [0.15, 0.2) is 36.4 Å². The number of rotatable bonds is 7. The van der Waals surface area contributed by atoms with Gasteiger partial charge in [-0.2, -0.15) is 0 Å². The van der Waals surface area contributed by atoms with E-state index in [1.807, 2.05) is 0 Å². The van der Waals surface area contributed by atoms with E-state index in [0.29, 0.717) is 16.9 Å². The molecule has 0 fully saturated rings. The maximum atomic E-state index is 11.5. The molecule has 0 aliphatic heterocycles. The number of phenolic OH excluding ortho intramolecular Hbond substituents is 1. The summed E-state index contributed by atoms with van der Waals surface area (Å²) >= 11 is 0. The van der Waals surface area contributed by atoms with Gasteiger partial charge in [-0.1, -0.05) is 7.43 Å². The van der Waals surface area contributed by atoms with E-state index in [0.717, 1.165) is 6.07 Å². The van der Waals surface area contributed by atoms with Gasteiger partial charge in [0.1, 0.15) is 11.5 Å². The summed E-state index contributed by atoms with van der Waals surface area (Å²) in [6, 6.07) is 8.32. The molecular formula is C22H26O10. The van der Waals surface area contributed by atoms with E-state index in [1.54, 1.807) is 18.2 Å². The first-order chi connectivity index (χ1) is 14.6. The molecule has 0 bridgehead atoms. The summed E-state index contributed by atoms with van der Waals surface area (Å²) in [6.07, 6.45) is -0.422. The quantitative estimate of drug-likeness (QED) is 0.536. The number of carbonyl (C=O) groups excluding carboxylic acids is 2. The number of ether oxygens (including phenoxy) is 3. The topological polar surface area (TPSA) is 157 Å². The van der Waals surface area contributed by atoms with Crippen LogP contribution in [-0.4, -0.2) is 60.5 Å². The molecule has 0 atom stereocenters. The summed E-state index contributed by atoms with van der Waals surface area (Å²) in [5.74, 6) is -2.85. The van der Waals surface area contributed by atoms with Gasteiger partial charge in [0.25, 0.3) is 0 Å². The molecule has 0 aliphatic rings. The summed E-state index contributed by atoms with van der Waals surface area (Å²) in [6.45, 7) is 0. The third-order valence-electron chi connectivity index (χ3n) is 3.94. The molecule has 2 rings (SSSR count). The van der Waals surface area contributed by atoms with Gasteiger partial charge in [0.15, 0.2) is 0 Å². The zero-order valence-electron chi connectivity index (χ0n) is 17.1. The molecule has 10 heteroatoms. The average molecular weight is 450 g/mol. The molecule has 0 unspecified atom stereocenters. The third kappa shape index (κ3) is 8.34. The second kappa shape index (κ2) is 13.3. The van der Waals surface area contributed by atoms with Gasteiger partial charge in [0, 0.05) is 0 Å². The van der Waals surface area contributed by atoms with E-state index in [9.17, 15) is 19.2 Å². The Morgan fingerprint density at radius 2 is 1.41 bits per heavy atom. The molecule has 0 spiro atoms. The van der Waals surface area contributed by atoms with Gasteiger partial charge in [0.2, 0.25) is 0 Å². The van der Waals surface area contributed by atoms with Crippen molar-refractivity contribution in [3.63, 3.8) is 0 Å². The highest BCUT2D eigenvalue weighted by molar-refractivity contribution is 5.93. The number of esters is 2. The van der Waals surface area contributed by atoms with Crippen molar-refractivity contribution in [2.45, 2.75) is 20.3 Å². The smallest absolute Gasteiger partial charge is 0.338 e. The summed E-state index contributed by atoms with van der Waals surface area (Å²) < 4.78 is 14.2. The van der Waals surface area contributed by atoms with Gasteiger partial charge in [-0.25, -0.2) is 9.59 Å². The lowest BCUT2D eigenvalue weighted by Gasteiger charge is -2.09. The minimum absolute atomic E-state index is 0. The molecule has 10 nitrogen and oxygen atoms in total. The van der Waals surface area contributed by atoms with E-state index in [1.165, 1.54) is 33.5 Å². The number of carboxylic acid groups (broad SMARTS) is 2. The lowest BCUT2D eigenvalue weighted by Crippen LogP contribution is -2.11. The van der Waals surface area contributed by atoms with Crippen LogP contribution in [-0.2, 0) is 31.9 Å². The molecule has 0 radical (unpaired) electrons. The van der Waals surface area contributed by atoms with Crippen LogP contribution >= 0.6 is 0 Å². The van der Waals surface area contributed by atoms with Crippen molar-refractivity contribution in [3.05, 3.63) is 58.7 Å². The lowest BCUT2D eigenvalue weighted by atomic mass is 10.0. The van der Waals surface area contributed by atoms with Crippen molar-refractivity contribution in [1.29, 1.82) is 0 Å². The minimum atomic E-state index is -1.21. The highest BCUT2D eigenvalue weighted by Gasteiger charge is 2.16. The molecule has 0 saturated carbocycles. The number of hydrogen-bond acceptors (Lipinski definition) is 8. The van der Waals surface area contributed by atoms with Crippen LogP contribution < -0.4 is 4.74 Å². The fourth-order valence-corrected chi connectivity index (χ4v) is 2.48. The molecule has 32 heavy (non-hydrogen) atoms. The van der Waals surface area contributed by atoms with Crippen molar-refractivity contribution < 1.29 is 48.7 Å². The SMILES string of the molecule is C.COC(=O)Cc1cc(OC)ccc1C(=O)OC.O=C(O)Cc1cc(O)ccc1C(=O)O. The van der Waals surface area contributed by atoms with E-state index in [-0.39, 0.29) is 30.7 Å². The molecule has 0 aromatic heterocycles. The second-order valence-corrected chi connectivity index (χ2v) is 5.98. The van der Waals surface area contributed by atoms with Gasteiger partial charge in [-0.05, 0) is 47.5 Å². The fraction of sp³-hybridized carbons (Fsp3) is 0.273. The molecule has 174 valence electrons. The maximum absolute atomic E-state index is 11.5. The van der Waals surface area contributed by atoms with Gasteiger partial charge in [-0.15, -0.1) is 0 Å². The van der Waals surface area contributed by atoms with Crippen LogP contribution in [0.25, 0.3) is 0 Å². The van der Waals surface area contributed by atoms with Crippen molar-refractivity contribution in [3.8, 4) is 11.5 Å². The predicted molar refractivity (Wildman–Crippen MR) is 113 cm³/mol. The van der Waals surface area contributed by atoms with Gasteiger partial charge in [-0.3, -0.25) is 9.59 Å². The first-order valence-corrected chi connectivity index (χ1v) is 8.71. The van der Waals surface area contributed by atoms with Crippen LogP contribution in [0.5, 0.6) is 11.5 Å². The Hall–Kier alpha value is -4.08. The molecular weight excluding hydrogens is 424 g/mol. The maximum Gasteiger partial charge on any atom is 0.338 e. The number of carboxylic acids is 2. The number of hydrogen-bond donors (Lipinski definition) is 3. The standard InChI is InChI=1S/C12H14O5.C9H8O5.CH4/c1-15-9-4-5-10(12(14)17-3)8(6-9)7-11(13)16-2;10-6-1-2-7(9(13)14)5(3-6)4-8(11)12;/h4-6H,7H2,1-3H3;1-3,10H,4H2,(H,11,12)(H,13,14);1H4. The Kier molecular flexibility index (Phi) is 11.6. The third-order valence-corrected chi connectivity index (χ3v) is 3.94. The second-order valence-electron chi connectivity index (χ2n) is 5.98. The molecule has 0 saturated heterocycles. The van der Waals surface area contributed by atoms with E-state index >= 15 is 0 Å². The Labute approximate surface area is 185 Å². The number of aliphatic carboxylic acids is 1. The van der Waals surface area contributed by atoms with Gasteiger partial charge in [0.05, 0.1) is 45.3 Å². The van der Waals surface area contributed by atoms with Crippen molar-refractivity contribution >= 4 is 23.9 Å². The predicted octanol–water partition coefficient (Wildman–Crippen LogP) is 2.55. The Morgan fingerprint density at radius 3 is 1.91 bits per heavy atom. The zero-order chi connectivity index (χ0) is 23.6. The van der Waals surface area contributed by atoms with Gasteiger partial charge >= 0.3 is 23.9 Å². The largest absolute Gasteiger partial charge is 0.508 e. The number of aromatic carboxylic acids is 1. The average Bonchev–Trinajstić information content (AvgIpc) is 2.72. The van der Waals surface area contributed by atoms with Crippen molar-refractivity contribution in [2.75, 3.05) is 21.3 Å². The zero-order valence-corrected chi connectivity index (χ0v) is 17.1. The monoisotopic (exact) mass is 450 g/mol. The summed E-state index contributed by atoms with van der Waals surface area (Å²) in [5, 5.41) is 26.2. The van der Waals surface area contributed by atoms with Gasteiger partial charge < -0.3 is 29.5 Å². The molecule has 0 heterocycles. The normalized spacial score (nSPS) is 9.34. The number of phenols is 1. The van der Waals surface area contributed by atoms with E-state index in [2.05, 4.69) is 9.47 Å². The number of aromatic hydroxyl groups is 1. The number of carbonyl (C=O) groups is 4. The molecule has 0 amide bonds. The molecule has 3 N–H and O–H groups in total. The highest BCUT2D eigenvalue weighted by Crippen LogP contribution is 2.19. The van der Waals surface area contributed by atoms with Crippen molar-refractivity contribution in [1.82, 2.24) is 0 Å². The molecule has 0 aliphatic carbocycles. The summed E-state index contributed by atoms with van der Waals surface area (Å²) in [5.41, 5.74) is 0.831. The number of methoxy groups -OCH3 is 3. The molecule has 2 aromatic carbocycles. The van der Waals surface area contributed by atoms with E-state index in [4.69, 9.17) is 20.1 Å². The summed E-state index contributed by atoms with van der Waals surface area (Å²) in [7, 11) is 4.09. The minimum Gasteiger partial charge on any atom is -0.508 e. The first kappa shape index (κ1) is 27.9. The fourth-order valence-electron chi connectivity index (χ4n) is 2.48. The Morgan fingerprint density at radius 1 is 0.812 bits per heavy atom. The van der Waals surface area contributed by atoms with E-state index < -0.39 is 30.3 Å². The Bertz CT molecular complexity index is 965. The highest BCUT2D eigenvalue weighted by atomic mass is 16.5. The number of benzene rings is 2. The first-order valence-electron chi connectivity index (χ1n) is 8.71. The Balaban J connectivity index is 0.000000592. The van der Waals surface area contributed by atoms with Crippen LogP contribution in [0.2, 0.25) is 0 Å². The van der Waals surface area contributed by atoms with Crippen LogP contribution in [0.4, 0.5) is 0 Å². The lowest BCUT2D eigenvalue weighted by molar-refractivity contribution is -0.140. The molecule has 2 aromatic rings. The van der Waals surface area contributed by atoms with Crippen LogP contribution in [0.3, 0.4) is 0 Å².